The van der Waals surface area contributed by atoms with Crippen LogP contribution in [0, 0.1) is 12.7 Å². The molecule has 0 aliphatic rings. The van der Waals surface area contributed by atoms with Gasteiger partial charge in [0, 0.05) is 53.0 Å². The van der Waals surface area contributed by atoms with E-state index in [0.717, 1.165) is 22.5 Å². The molecule has 0 amide bonds. The number of halogens is 1. The monoisotopic (exact) mass is 460 g/mol. The van der Waals surface area contributed by atoms with Crippen LogP contribution in [0.25, 0.3) is 27.8 Å². The first-order chi connectivity index (χ1) is 16.6. The van der Waals surface area contributed by atoms with Gasteiger partial charge >= 0.3 is 0 Å². The summed E-state index contributed by atoms with van der Waals surface area (Å²) in [7, 11) is 0. The molecule has 1 unspecified atom stereocenters. The fourth-order valence-electron chi connectivity index (χ4n) is 3.77. The number of nitrogens with zero attached hydrogens (tertiary/aromatic N) is 4. The van der Waals surface area contributed by atoms with Crippen molar-refractivity contribution in [2.24, 2.45) is 0 Å². The number of H-pyrrole nitrogens is 1. The fourth-order valence-corrected chi connectivity index (χ4v) is 3.77. The Balaban J connectivity index is 0.000000771. The summed E-state index contributed by atoms with van der Waals surface area (Å²) in [5.41, 5.74) is 5.36. The van der Waals surface area contributed by atoms with Gasteiger partial charge in [-0.15, -0.1) is 0 Å². The van der Waals surface area contributed by atoms with Crippen molar-refractivity contribution in [3.8, 4) is 11.3 Å². The Hall–Kier alpha value is -3.74. The zero-order valence-electron chi connectivity index (χ0n) is 20.7. The summed E-state index contributed by atoms with van der Waals surface area (Å²) >= 11 is 0. The second kappa shape index (κ2) is 11.4. The number of rotatable bonds is 5. The molecule has 0 spiro atoms. The van der Waals surface area contributed by atoms with Crippen molar-refractivity contribution in [2.75, 3.05) is 11.9 Å². The van der Waals surface area contributed by atoms with E-state index in [1.54, 1.807) is 16.9 Å². The first kappa shape index (κ1) is 24.9. The lowest BCUT2D eigenvalue weighted by molar-refractivity contribution is 0.622. The zero-order chi connectivity index (χ0) is 24.7. The van der Waals surface area contributed by atoms with Gasteiger partial charge < -0.3 is 10.3 Å². The molecule has 0 bridgehead atoms. The molecule has 0 saturated heterocycles. The molecule has 0 fully saturated rings. The molecule has 2 N–H and O–H groups in total. The van der Waals surface area contributed by atoms with Crippen LogP contribution in [0.1, 0.15) is 51.7 Å². The van der Waals surface area contributed by atoms with E-state index in [0.29, 0.717) is 17.8 Å². The predicted molar refractivity (Wildman–Crippen MR) is 139 cm³/mol. The van der Waals surface area contributed by atoms with Gasteiger partial charge in [0.05, 0.1) is 18.1 Å². The third-order valence-corrected chi connectivity index (χ3v) is 5.39. The van der Waals surface area contributed by atoms with Crippen molar-refractivity contribution >= 4 is 22.4 Å². The quantitative estimate of drug-likeness (QED) is 0.297. The number of aromatic amines is 1. The molecule has 6 nitrogen and oxygen atoms in total. The maximum Gasteiger partial charge on any atom is 0.160 e. The van der Waals surface area contributed by atoms with E-state index in [4.69, 9.17) is 0 Å². The molecular weight excluding hydrogens is 427 g/mol. The Morgan fingerprint density at radius 1 is 1.06 bits per heavy atom. The summed E-state index contributed by atoms with van der Waals surface area (Å²) in [5.74, 6) is 0.682. The number of pyridine rings is 1. The molecular formula is C27H33FN6. The highest BCUT2D eigenvalue weighted by Gasteiger charge is 2.15. The second-order valence-electron chi connectivity index (χ2n) is 7.55. The summed E-state index contributed by atoms with van der Waals surface area (Å²) in [6, 6.07) is 11.6. The molecule has 34 heavy (non-hydrogen) atoms. The summed E-state index contributed by atoms with van der Waals surface area (Å²) in [5, 5.41) is 9.20. The van der Waals surface area contributed by atoms with Crippen molar-refractivity contribution in [3.05, 3.63) is 78.1 Å². The minimum absolute atomic E-state index is 0.264. The first-order valence-electron chi connectivity index (χ1n) is 11.9. The van der Waals surface area contributed by atoms with E-state index in [1.807, 2.05) is 46.8 Å². The normalized spacial score (nSPS) is 11.4. The maximum atomic E-state index is 13.7. The highest BCUT2D eigenvalue weighted by molar-refractivity contribution is 5.83. The molecule has 5 aromatic rings. The Labute approximate surface area is 200 Å². The summed E-state index contributed by atoms with van der Waals surface area (Å²) in [6.07, 6.45) is 6.66. The van der Waals surface area contributed by atoms with E-state index in [1.165, 1.54) is 23.2 Å². The van der Waals surface area contributed by atoms with Crippen LogP contribution in [0.15, 0.2) is 61.2 Å². The van der Waals surface area contributed by atoms with Crippen LogP contribution in [0.3, 0.4) is 0 Å². The Morgan fingerprint density at radius 2 is 1.82 bits per heavy atom. The maximum absolute atomic E-state index is 13.7. The highest BCUT2D eigenvalue weighted by Crippen LogP contribution is 2.27. The Morgan fingerprint density at radius 3 is 2.59 bits per heavy atom. The number of hydrogen-bond acceptors (Lipinski definition) is 4. The van der Waals surface area contributed by atoms with Gasteiger partial charge in [0.15, 0.2) is 5.65 Å². The number of nitrogens with one attached hydrogen (secondary N) is 2. The van der Waals surface area contributed by atoms with Crippen LogP contribution in [0.4, 0.5) is 10.2 Å². The molecule has 4 heterocycles. The topological polar surface area (TPSA) is 70.9 Å². The van der Waals surface area contributed by atoms with Crippen LogP contribution in [0.2, 0.25) is 0 Å². The SMILES string of the molecule is CC.CC.Cc1cnn2c(NCC(C)c3c[nH]c4ccccc34)cc(-c3cncc(F)c3)nc12. The van der Waals surface area contributed by atoms with Gasteiger partial charge in [0.25, 0.3) is 0 Å². The Bertz CT molecular complexity index is 1350. The lowest BCUT2D eigenvalue weighted by Crippen LogP contribution is -2.13. The van der Waals surface area contributed by atoms with Gasteiger partial charge in [0.2, 0.25) is 0 Å². The zero-order valence-corrected chi connectivity index (χ0v) is 20.7. The van der Waals surface area contributed by atoms with Gasteiger partial charge in [-0.2, -0.15) is 9.61 Å². The summed E-state index contributed by atoms with van der Waals surface area (Å²) < 4.78 is 15.5. The molecule has 0 radical (unpaired) electrons. The molecule has 0 saturated carbocycles. The third-order valence-electron chi connectivity index (χ3n) is 5.39. The number of aromatic nitrogens is 5. The van der Waals surface area contributed by atoms with Crippen LogP contribution >= 0.6 is 0 Å². The van der Waals surface area contributed by atoms with Crippen LogP contribution in [-0.2, 0) is 0 Å². The summed E-state index contributed by atoms with van der Waals surface area (Å²) in [4.78, 5) is 12.0. The van der Waals surface area contributed by atoms with Crippen molar-refractivity contribution in [2.45, 2.75) is 47.5 Å². The minimum Gasteiger partial charge on any atom is -0.369 e. The van der Waals surface area contributed by atoms with Crippen LogP contribution in [0.5, 0.6) is 0 Å². The van der Waals surface area contributed by atoms with Gasteiger partial charge in [0.1, 0.15) is 11.6 Å². The van der Waals surface area contributed by atoms with Crippen molar-refractivity contribution in [1.82, 2.24) is 24.6 Å². The first-order valence-corrected chi connectivity index (χ1v) is 11.9. The van der Waals surface area contributed by atoms with Crippen molar-refractivity contribution in [3.63, 3.8) is 0 Å². The van der Waals surface area contributed by atoms with Crippen LogP contribution < -0.4 is 5.32 Å². The molecule has 5 rings (SSSR count). The highest BCUT2D eigenvalue weighted by atomic mass is 19.1. The fraction of sp³-hybridized carbons (Fsp3) is 0.296. The lowest BCUT2D eigenvalue weighted by Gasteiger charge is -2.15. The van der Waals surface area contributed by atoms with E-state index >= 15 is 0 Å². The lowest BCUT2D eigenvalue weighted by atomic mass is 10.0. The average Bonchev–Trinajstić information content (AvgIpc) is 3.49. The molecule has 0 aliphatic heterocycles. The minimum atomic E-state index is -0.387. The molecule has 178 valence electrons. The number of benzene rings is 1. The Kier molecular flexibility index (Phi) is 8.35. The predicted octanol–water partition coefficient (Wildman–Crippen LogP) is 6.99. The number of fused-ring (bicyclic) bond motifs is 2. The number of para-hydroxylation sites is 1. The standard InChI is InChI=1S/C23H21FN6.2C2H6/c1-14(19-13-26-20-6-4-3-5-18(19)20)9-27-22-8-21(16-7-17(24)12-25-11-16)29-23-15(2)10-28-30(22)23;2*1-2/h3-8,10-14,26-27H,9H2,1-2H3;2*1-2H3. The van der Waals surface area contributed by atoms with Crippen LogP contribution in [-0.4, -0.2) is 31.1 Å². The van der Waals surface area contributed by atoms with E-state index < -0.39 is 0 Å². The van der Waals surface area contributed by atoms with Crippen molar-refractivity contribution in [1.29, 1.82) is 0 Å². The molecule has 7 heteroatoms. The van der Waals surface area contributed by atoms with E-state index in [-0.39, 0.29) is 11.7 Å². The molecule has 1 atom stereocenters. The van der Waals surface area contributed by atoms with Gasteiger partial charge in [-0.1, -0.05) is 52.8 Å². The average molecular weight is 461 g/mol. The van der Waals surface area contributed by atoms with E-state index in [2.05, 4.69) is 56.7 Å². The van der Waals surface area contributed by atoms with Gasteiger partial charge in [-0.05, 0) is 24.6 Å². The van der Waals surface area contributed by atoms with E-state index in [9.17, 15) is 4.39 Å². The summed E-state index contributed by atoms with van der Waals surface area (Å²) in [6.45, 7) is 12.9. The smallest absolute Gasteiger partial charge is 0.160 e. The molecule has 4 aromatic heterocycles. The van der Waals surface area contributed by atoms with Gasteiger partial charge in [-0.3, -0.25) is 4.98 Å². The number of hydrogen-bond donors (Lipinski definition) is 2. The largest absolute Gasteiger partial charge is 0.369 e. The number of anilines is 1. The van der Waals surface area contributed by atoms with Gasteiger partial charge in [-0.25, -0.2) is 9.37 Å². The molecule has 0 aliphatic carbocycles. The number of aryl methyl sites for hydroxylation is 1. The third kappa shape index (κ3) is 5.09. The molecule has 1 aromatic carbocycles. The van der Waals surface area contributed by atoms with Crippen molar-refractivity contribution < 1.29 is 4.39 Å². The second-order valence-corrected chi connectivity index (χ2v) is 7.55.